The average Bonchev–Trinajstić information content (AvgIpc) is 2.27. The van der Waals surface area contributed by atoms with E-state index in [2.05, 4.69) is 12.2 Å². The molecule has 0 aliphatic carbocycles. The molecule has 1 aromatic carbocycles. The third-order valence-electron chi connectivity index (χ3n) is 2.60. The minimum Gasteiger partial charge on any atom is -0.504 e. The van der Waals surface area contributed by atoms with Crippen molar-refractivity contribution < 1.29 is 9.84 Å². The van der Waals surface area contributed by atoms with Crippen LogP contribution < -0.4 is 10.1 Å². The monoisotopic (exact) mass is 209 g/mol. The first-order chi connectivity index (χ1) is 7.17. The van der Waals surface area contributed by atoms with Crippen LogP contribution >= 0.6 is 0 Å². The molecule has 0 heterocycles. The van der Waals surface area contributed by atoms with Gasteiger partial charge in [-0.15, -0.1) is 0 Å². The van der Waals surface area contributed by atoms with Gasteiger partial charge in [-0.3, -0.25) is 0 Å². The van der Waals surface area contributed by atoms with E-state index in [0.717, 1.165) is 12.8 Å². The molecule has 0 aliphatic heterocycles. The van der Waals surface area contributed by atoms with Gasteiger partial charge in [-0.1, -0.05) is 6.07 Å². The van der Waals surface area contributed by atoms with Crippen molar-refractivity contribution in [2.45, 2.75) is 25.8 Å². The van der Waals surface area contributed by atoms with Gasteiger partial charge in [-0.25, -0.2) is 0 Å². The van der Waals surface area contributed by atoms with E-state index in [9.17, 15) is 5.11 Å². The lowest BCUT2D eigenvalue weighted by Gasteiger charge is -2.10. The Labute approximate surface area is 91.1 Å². The van der Waals surface area contributed by atoms with Gasteiger partial charge < -0.3 is 15.2 Å². The molecule has 0 bridgehead atoms. The lowest BCUT2D eigenvalue weighted by Crippen LogP contribution is -2.21. The number of phenolic OH excluding ortho intramolecular Hbond substituents is 1. The van der Waals surface area contributed by atoms with Crippen molar-refractivity contribution in [3.05, 3.63) is 23.8 Å². The second-order valence-electron chi connectivity index (χ2n) is 3.73. The minimum atomic E-state index is 0.197. The van der Waals surface area contributed by atoms with E-state index in [1.807, 2.05) is 19.2 Å². The molecule has 0 radical (unpaired) electrons. The fraction of sp³-hybridized carbons (Fsp3) is 0.500. The number of nitrogens with one attached hydrogen (secondary N) is 1. The quantitative estimate of drug-likeness (QED) is 0.778. The van der Waals surface area contributed by atoms with E-state index in [-0.39, 0.29) is 5.75 Å². The molecule has 3 heteroatoms. The van der Waals surface area contributed by atoms with Crippen molar-refractivity contribution in [1.29, 1.82) is 0 Å². The number of aromatic hydroxyl groups is 1. The molecule has 2 N–H and O–H groups in total. The molecular weight excluding hydrogens is 190 g/mol. The van der Waals surface area contributed by atoms with Gasteiger partial charge in [0.05, 0.1) is 7.11 Å². The number of ether oxygens (including phenoxy) is 1. The van der Waals surface area contributed by atoms with Crippen LogP contribution in [0.4, 0.5) is 0 Å². The number of benzene rings is 1. The zero-order chi connectivity index (χ0) is 11.3. The van der Waals surface area contributed by atoms with Gasteiger partial charge in [-0.2, -0.15) is 0 Å². The van der Waals surface area contributed by atoms with Crippen LogP contribution in [0.15, 0.2) is 18.2 Å². The van der Waals surface area contributed by atoms with Gasteiger partial charge >= 0.3 is 0 Å². The van der Waals surface area contributed by atoms with Crippen LogP contribution in [-0.2, 0) is 6.42 Å². The summed E-state index contributed by atoms with van der Waals surface area (Å²) in [5.74, 6) is 0.743. The van der Waals surface area contributed by atoms with Crippen LogP contribution in [0.25, 0.3) is 0 Å². The Morgan fingerprint density at radius 1 is 1.47 bits per heavy atom. The summed E-state index contributed by atoms with van der Waals surface area (Å²) in [4.78, 5) is 0. The Morgan fingerprint density at radius 2 is 2.20 bits per heavy atom. The van der Waals surface area contributed by atoms with E-state index in [1.54, 1.807) is 13.2 Å². The predicted molar refractivity (Wildman–Crippen MR) is 61.5 cm³/mol. The molecule has 0 spiro atoms. The smallest absolute Gasteiger partial charge is 0.160 e. The molecule has 15 heavy (non-hydrogen) atoms. The molecule has 0 aromatic heterocycles. The summed E-state index contributed by atoms with van der Waals surface area (Å²) in [6.45, 7) is 2.15. The van der Waals surface area contributed by atoms with Crippen LogP contribution in [0.3, 0.4) is 0 Å². The summed E-state index contributed by atoms with van der Waals surface area (Å²) < 4.78 is 5.05. The fourth-order valence-electron chi connectivity index (χ4n) is 1.41. The highest BCUT2D eigenvalue weighted by molar-refractivity contribution is 5.41. The summed E-state index contributed by atoms with van der Waals surface area (Å²) >= 11 is 0. The first kappa shape index (κ1) is 11.9. The second kappa shape index (κ2) is 5.61. The molecular formula is C12H19NO2. The van der Waals surface area contributed by atoms with Crippen LogP contribution in [0.2, 0.25) is 0 Å². The van der Waals surface area contributed by atoms with Crippen molar-refractivity contribution in [3.8, 4) is 11.5 Å². The molecule has 84 valence electrons. The topological polar surface area (TPSA) is 41.5 Å². The zero-order valence-corrected chi connectivity index (χ0v) is 9.58. The van der Waals surface area contributed by atoms with Gasteiger partial charge in [0.2, 0.25) is 0 Å². The minimum absolute atomic E-state index is 0.197. The maximum Gasteiger partial charge on any atom is 0.160 e. The van der Waals surface area contributed by atoms with Crippen molar-refractivity contribution in [2.24, 2.45) is 0 Å². The van der Waals surface area contributed by atoms with E-state index in [0.29, 0.717) is 11.8 Å². The second-order valence-corrected chi connectivity index (χ2v) is 3.73. The Kier molecular flexibility index (Phi) is 4.43. The Bertz CT molecular complexity index is 312. The maximum atomic E-state index is 9.42. The maximum absolute atomic E-state index is 9.42. The predicted octanol–water partition coefficient (Wildman–Crippen LogP) is 1.94. The normalized spacial score (nSPS) is 12.5. The van der Waals surface area contributed by atoms with E-state index < -0.39 is 0 Å². The largest absolute Gasteiger partial charge is 0.504 e. The third kappa shape index (κ3) is 3.44. The average molecular weight is 209 g/mol. The fourth-order valence-corrected chi connectivity index (χ4v) is 1.41. The molecule has 0 saturated carbocycles. The van der Waals surface area contributed by atoms with Gasteiger partial charge in [-0.05, 0) is 44.5 Å². The van der Waals surface area contributed by atoms with Crippen LogP contribution in [0.1, 0.15) is 18.9 Å². The first-order valence-electron chi connectivity index (χ1n) is 5.20. The molecule has 0 aliphatic rings. The Balaban J connectivity index is 2.62. The van der Waals surface area contributed by atoms with Crippen LogP contribution in [0, 0.1) is 0 Å². The van der Waals surface area contributed by atoms with Gasteiger partial charge in [0.15, 0.2) is 11.5 Å². The lowest BCUT2D eigenvalue weighted by atomic mass is 10.1. The third-order valence-corrected chi connectivity index (χ3v) is 2.60. The van der Waals surface area contributed by atoms with E-state index in [1.165, 1.54) is 5.56 Å². The standard InChI is InChI=1S/C12H19NO2/c1-9(13-2)4-5-10-6-7-11(14)12(8-10)15-3/h6-9,13-14H,4-5H2,1-3H3/t9-/m1/s1. The Hall–Kier alpha value is -1.22. The SMILES string of the molecule is CN[C@H](C)CCc1ccc(O)c(OC)c1. The highest BCUT2D eigenvalue weighted by Gasteiger charge is 2.04. The summed E-state index contributed by atoms with van der Waals surface area (Å²) in [5, 5.41) is 12.6. The van der Waals surface area contributed by atoms with Crippen LogP contribution in [-0.4, -0.2) is 25.3 Å². The highest BCUT2D eigenvalue weighted by Crippen LogP contribution is 2.26. The summed E-state index contributed by atoms with van der Waals surface area (Å²) in [6.07, 6.45) is 2.06. The van der Waals surface area contributed by atoms with Crippen molar-refractivity contribution >= 4 is 0 Å². The van der Waals surface area contributed by atoms with Crippen LogP contribution in [0.5, 0.6) is 11.5 Å². The van der Waals surface area contributed by atoms with Gasteiger partial charge in [0, 0.05) is 6.04 Å². The summed E-state index contributed by atoms with van der Waals surface area (Å²) in [6, 6.07) is 6.00. The van der Waals surface area contributed by atoms with E-state index >= 15 is 0 Å². The molecule has 0 amide bonds. The van der Waals surface area contributed by atoms with Gasteiger partial charge in [0.25, 0.3) is 0 Å². The number of methoxy groups -OCH3 is 1. The van der Waals surface area contributed by atoms with Crippen molar-refractivity contribution in [1.82, 2.24) is 5.32 Å². The lowest BCUT2D eigenvalue weighted by molar-refractivity contribution is 0.373. The molecule has 1 rings (SSSR count). The zero-order valence-electron chi connectivity index (χ0n) is 9.58. The molecule has 3 nitrogen and oxygen atoms in total. The number of rotatable bonds is 5. The number of hydrogen-bond acceptors (Lipinski definition) is 3. The van der Waals surface area contributed by atoms with E-state index in [4.69, 9.17) is 4.74 Å². The number of hydrogen-bond donors (Lipinski definition) is 2. The van der Waals surface area contributed by atoms with Crippen molar-refractivity contribution in [2.75, 3.05) is 14.2 Å². The molecule has 1 atom stereocenters. The summed E-state index contributed by atoms with van der Waals surface area (Å²) in [7, 11) is 3.52. The first-order valence-corrected chi connectivity index (χ1v) is 5.20. The highest BCUT2D eigenvalue weighted by atomic mass is 16.5. The summed E-state index contributed by atoms with van der Waals surface area (Å²) in [5.41, 5.74) is 1.19. The molecule has 0 fully saturated rings. The molecule has 0 saturated heterocycles. The molecule has 0 unspecified atom stereocenters. The Morgan fingerprint density at radius 3 is 2.80 bits per heavy atom. The van der Waals surface area contributed by atoms with Crippen molar-refractivity contribution in [3.63, 3.8) is 0 Å². The number of phenols is 1. The number of aryl methyl sites for hydroxylation is 1. The van der Waals surface area contributed by atoms with Gasteiger partial charge in [0.1, 0.15) is 0 Å². The molecule has 1 aromatic rings.